The third-order valence-corrected chi connectivity index (χ3v) is 9.15. The molecule has 3 nitrogen and oxygen atoms in total. The van der Waals surface area contributed by atoms with Crippen molar-refractivity contribution in [2.24, 2.45) is 10.2 Å². The lowest BCUT2D eigenvalue weighted by Gasteiger charge is -2.42. The molecular weight excluding hydrogens is 288 g/mol. The highest BCUT2D eigenvalue weighted by molar-refractivity contribution is 6.99. The summed E-state index contributed by atoms with van der Waals surface area (Å²) in [5.41, 5.74) is 0. The van der Waals surface area contributed by atoms with Crippen LogP contribution in [0.25, 0.3) is 0 Å². The molecule has 0 unspecified atom stereocenters. The van der Waals surface area contributed by atoms with Gasteiger partial charge in [0.25, 0.3) is 8.32 Å². The summed E-state index contributed by atoms with van der Waals surface area (Å²) in [7, 11) is -2.39. The zero-order valence-electron chi connectivity index (χ0n) is 13.4. The van der Waals surface area contributed by atoms with E-state index in [0.717, 1.165) is 0 Å². The number of hydrogen-bond donors (Lipinski definition) is 0. The van der Waals surface area contributed by atoms with Crippen LogP contribution in [0.2, 0.25) is 5.04 Å². The minimum Gasteiger partial charge on any atom is -0.403 e. The first kappa shape index (κ1) is 15.1. The Labute approximate surface area is 133 Å². The van der Waals surface area contributed by atoms with Gasteiger partial charge >= 0.3 is 0 Å². The zero-order valence-corrected chi connectivity index (χ0v) is 14.4. The minimum atomic E-state index is -2.39. The SMILES string of the molecule is CC(C)(C)[Si](OCC1N=N1)(c1ccccc1)c1ccccc1. The van der Waals surface area contributed by atoms with Gasteiger partial charge in [-0.1, -0.05) is 81.4 Å². The normalized spacial score (nSPS) is 15.0. The zero-order chi connectivity index (χ0) is 15.6. The molecule has 1 aliphatic rings. The molecule has 0 bridgehead atoms. The Bertz CT molecular complexity index is 604. The molecule has 114 valence electrons. The minimum absolute atomic E-state index is 0.0184. The summed E-state index contributed by atoms with van der Waals surface area (Å²) in [6.45, 7) is 7.41. The topological polar surface area (TPSA) is 34.0 Å². The molecular formula is C18H22N2OSi. The predicted octanol–water partition coefficient (Wildman–Crippen LogP) is 3.35. The lowest BCUT2D eigenvalue weighted by atomic mass is 10.2. The maximum absolute atomic E-state index is 6.64. The first-order chi connectivity index (χ1) is 10.5. The van der Waals surface area contributed by atoms with Crippen LogP contribution in [0.5, 0.6) is 0 Å². The average Bonchev–Trinajstić information content (AvgIpc) is 3.33. The fourth-order valence-electron chi connectivity index (χ4n) is 3.07. The molecule has 0 N–H and O–H groups in total. The summed E-state index contributed by atoms with van der Waals surface area (Å²) in [5, 5.41) is 10.6. The van der Waals surface area contributed by atoms with E-state index in [4.69, 9.17) is 4.43 Å². The van der Waals surface area contributed by atoms with Crippen molar-refractivity contribution in [1.82, 2.24) is 0 Å². The third-order valence-electron chi connectivity index (χ3n) is 4.14. The highest BCUT2D eigenvalue weighted by atomic mass is 28.4. The molecule has 22 heavy (non-hydrogen) atoms. The van der Waals surface area contributed by atoms with E-state index < -0.39 is 8.32 Å². The van der Waals surface area contributed by atoms with Crippen LogP contribution in [0.3, 0.4) is 0 Å². The second-order valence-electron chi connectivity index (χ2n) is 6.69. The maximum Gasteiger partial charge on any atom is 0.261 e. The molecule has 0 aromatic heterocycles. The Morgan fingerprint density at radius 1 is 0.864 bits per heavy atom. The molecule has 0 amide bonds. The van der Waals surface area contributed by atoms with Crippen molar-refractivity contribution >= 4 is 18.7 Å². The second-order valence-corrected chi connectivity index (χ2v) is 11.0. The Balaban J connectivity index is 2.13. The molecule has 3 rings (SSSR count). The molecule has 0 saturated carbocycles. The van der Waals surface area contributed by atoms with Crippen molar-refractivity contribution in [1.29, 1.82) is 0 Å². The number of rotatable bonds is 5. The van der Waals surface area contributed by atoms with Crippen LogP contribution in [-0.4, -0.2) is 21.1 Å². The fourth-order valence-corrected chi connectivity index (χ4v) is 7.63. The van der Waals surface area contributed by atoms with Gasteiger partial charge in [0, 0.05) is 0 Å². The third kappa shape index (κ3) is 2.76. The van der Waals surface area contributed by atoms with Crippen LogP contribution in [0, 0.1) is 0 Å². The highest BCUT2D eigenvalue weighted by Crippen LogP contribution is 2.37. The summed E-state index contributed by atoms with van der Waals surface area (Å²) in [6.07, 6.45) is 0.0293. The van der Waals surface area contributed by atoms with Crippen LogP contribution in [0.4, 0.5) is 0 Å². The summed E-state index contributed by atoms with van der Waals surface area (Å²) < 4.78 is 6.64. The maximum atomic E-state index is 6.64. The number of nitrogens with zero attached hydrogens (tertiary/aromatic N) is 2. The fraction of sp³-hybridized carbons (Fsp3) is 0.333. The molecule has 2 aromatic rings. The monoisotopic (exact) mass is 310 g/mol. The van der Waals surface area contributed by atoms with Gasteiger partial charge in [-0.3, -0.25) is 0 Å². The van der Waals surface area contributed by atoms with Gasteiger partial charge in [0.05, 0.1) is 6.61 Å². The van der Waals surface area contributed by atoms with Crippen LogP contribution in [0.1, 0.15) is 20.8 Å². The largest absolute Gasteiger partial charge is 0.403 e. The van der Waals surface area contributed by atoms with Crippen molar-refractivity contribution in [2.45, 2.75) is 32.0 Å². The summed E-state index contributed by atoms with van der Waals surface area (Å²) in [5.74, 6) is 0. The van der Waals surface area contributed by atoms with E-state index in [1.807, 2.05) is 0 Å². The van der Waals surface area contributed by atoms with Gasteiger partial charge in [-0.15, -0.1) is 0 Å². The van der Waals surface area contributed by atoms with Gasteiger partial charge < -0.3 is 4.43 Å². The van der Waals surface area contributed by atoms with Crippen molar-refractivity contribution in [3.63, 3.8) is 0 Å². The van der Waals surface area contributed by atoms with E-state index in [9.17, 15) is 0 Å². The summed E-state index contributed by atoms with van der Waals surface area (Å²) >= 11 is 0. The Morgan fingerprint density at radius 2 is 1.32 bits per heavy atom. The lowest BCUT2D eigenvalue weighted by Crippen LogP contribution is -2.66. The quantitative estimate of drug-likeness (QED) is 0.780. The lowest BCUT2D eigenvalue weighted by molar-refractivity contribution is 0.296. The molecule has 2 aromatic carbocycles. The van der Waals surface area contributed by atoms with Crippen molar-refractivity contribution < 1.29 is 4.43 Å². The predicted molar refractivity (Wildman–Crippen MR) is 92.2 cm³/mol. The molecule has 0 aliphatic carbocycles. The second kappa shape index (κ2) is 5.78. The van der Waals surface area contributed by atoms with Crippen molar-refractivity contribution in [3.05, 3.63) is 60.7 Å². The van der Waals surface area contributed by atoms with E-state index in [0.29, 0.717) is 6.61 Å². The van der Waals surface area contributed by atoms with Crippen LogP contribution >= 0.6 is 0 Å². The van der Waals surface area contributed by atoms with E-state index in [1.54, 1.807) is 0 Å². The average molecular weight is 310 g/mol. The smallest absolute Gasteiger partial charge is 0.261 e. The first-order valence-corrected chi connectivity index (χ1v) is 9.60. The summed E-state index contributed by atoms with van der Waals surface area (Å²) in [6, 6.07) is 21.3. The molecule has 0 spiro atoms. The van der Waals surface area contributed by atoms with Gasteiger partial charge in [0.15, 0.2) is 0 Å². The van der Waals surface area contributed by atoms with Gasteiger partial charge in [0.1, 0.15) is 0 Å². The molecule has 4 heteroatoms. The first-order valence-electron chi connectivity index (χ1n) is 7.69. The van der Waals surface area contributed by atoms with Gasteiger partial charge in [-0.25, -0.2) is 0 Å². The summed E-state index contributed by atoms with van der Waals surface area (Å²) in [4.78, 5) is 0. The number of benzene rings is 2. The van der Waals surface area contributed by atoms with Crippen LogP contribution < -0.4 is 10.4 Å². The van der Waals surface area contributed by atoms with Gasteiger partial charge in [-0.05, 0) is 15.4 Å². The van der Waals surface area contributed by atoms with E-state index >= 15 is 0 Å². The van der Waals surface area contributed by atoms with E-state index in [2.05, 4.69) is 91.7 Å². The Hall–Kier alpha value is -1.78. The van der Waals surface area contributed by atoms with Crippen molar-refractivity contribution in [2.75, 3.05) is 6.61 Å². The molecule has 0 atom stereocenters. The molecule has 0 radical (unpaired) electrons. The van der Waals surface area contributed by atoms with E-state index in [1.165, 1.54) is 10.4 Å². The van der Waals surface area contributed by atoms with Gasteiger partial charge in [-0.2, -0.15) is 10.2 Å². The highest BCUT2D eigenvalue weighted by Gasteiger charge is 2.50. The molecule has 0 fully saturated rings. The number of hydrogen-bond acceptors (Lipinski definition) is 3. The van der Waals surface area contributed by atoms with Crippen LogP contribution in [-0.2, 0) is 4.43 Å². The van der Waals surface area contributed by atoms with Crippen molar-refractivity contribution in [3.8, 4) is 0 Å². The Kier molecular flexibility index (Phi) is 3.97. The molecule has 1 heterocycles. The Morgan fingerprint density at radius 3 is 1.68 bits per heavy atom. The van der Waals surface area contributed by atoms with E-state index in [-0.39, 0.29) is 11.2 Å². The van der Waals surface area contributed by atoms with Crippen LogP contribution in [0.15, 0.2) is 70.9 Å². The standard InChI is InChI=1S/C18H22N2OSi/c1-18(2,3)22(21-14-17-19-20-17,15-10-6-4-7-11-15)16-12-8-5-9-13-16/h4-13,17H,14H2,1-3H3. The van der Waals surface area contributed by atoms with Gasteiger partial charge in [0.2, 0.25) is 6.17 Å². The molecule has 0 saturated heterocycles. The molecule has 1 aliphatic heterocycles.